The summed E-state index contributed by atoms with van der Waals surface area (Å²) in [7, 11) is 0. The van der Waals surface area contributed by atoms with Gasteiger partial charge in [-0.25, -0.2) is 0 Å². The van der Waals surface area contributed by atoms with E-state index in [1.165, 1.54) is 12.8 Å². The van der Waals surface area contributed by atoms with E-state index in [9.17, 15) is 4.79 Å². The third kappa shape index (κ3) is 9.63. The van der Waals surface area contributed by atoms with E-state index in [2.05, 4.69) is 6.92 Å². The summed E-state index contributed by atoms with van der Waals surface area (Å²) in [4.78, 5) is 9.88. The predicted molar refractivity (Wildman–Crippen MR) is 45.6 cm³/mol. The second-order valence-electron chi connectivity index (χ2n) is 2.63. The lowest BCUT2D eigenvalue weighted by atomic mass is 10.3. The number of ether oxygens (including phenoxy) is 1. The number of unbranched alkanes of at least 4 members (excludes halogenated alkanes) is 3. The van der Waals surface area contributed by atoms with Crippen LogP contribution < -0.4 is 0 Å². The molecule has 0 saturated heterocycles. The highest BCUT2D eigenvalue weighted by atomic mass is 16.5. The summed E-state index contributed by atoms with van der Waals surface area (Å²) < 4.78 is 5.28. The molecule has 0 saturated carbocycles. The molecule has 0 spiro atoms. The lowest BCUT2D eigenvalue weighted by Crippen LogP contribution is -1.96. The van der Waals surface area contributed by atoms with Gasteiger partial charge in [0.2, 0.25) is 0 Å². The van der Waals surface area contributed by atoms with E-state index in [1.807, 2.05) is 0 Å². The third-order valence-corrected chi connectivity index (χ3v) is 1.50. The molecule has 0 aromatic carbocycles. The number of carbonyl (C=O) groups excluding carboxylic acids is 1. The average Bonchev–Trinajstić information content (AvgIpc) is 2.03. The van der Waals surface area contributed by atoms with Gasteiger partial charge in [-0.3, -0.25) is 0 Å². The molecule has 0 unspecified atom stereocenters. The van der Waals surface area contributed by atoms with Crippen LogP contribution in [0.5, 0.6) is 0 Å². The molecule has 0 fully saturated rings. The van der Waals surface area contributed by atoms with Crippen LogP contribution in [0.25, 0.3) is 0 Å². The lowest BCUT2D eigenvalue weighted by molar-refractivity contribution is -0.108. The normalized spacial score (nSPS) is 9.91. The molecule has 2 nitrogen and oxygen atoms in total. The zero-order chi connectivity index (χ0) is 8.36. The minimum atomic E-state index is 0.633. The minimum Gasteiger partial charge on any atom is -0.381 e. The summed E-state index contributed by atoms with van der Waals surface area (Å²) in [5.41, 5.74) is 0. The van der Waals surface area contributed by atoms with Gasteiger partial charge in [-0.2, -0.15) is 0 Å². The maximum absolute atomic E-state index is 9.88. The highest BCUT2D eigenvalue weighted by Crippen LogP contribution is 1.95. The Morgan fingerprint density at radius 2 is 1.91 bits per heavy atom. The van der Waals surface area contributed by atoms with Gasteiger partial charge in [-0.1, -0.05) is 19.8 Å². The van der Waals surface area contributed by atoms with E-state index in [4.69, 9.17) is 4.74 Å². The van der Waals surface area contributed by atoms with E-state index in [-0.39, 0.29) is 0 Å². The second-order valence-corrected chi connectivity index (χ2v) is 2.63. The molecule has 0 N–H and O–H groups in total. The van der Waals surface area contributed by atoms with Crippen molar-refractivity contribution in [2.45, 2.75) is 39.0 Å². The van der Waals surface area contributed by atoms with Crippen LogP contribution in [0, 0.1) is 0 Å². The molecule has 11 heavy (non-hydrogen) atoms. The van der Waals surface area contributed by atoms with Crippen LogP contribution in [0.1, 0.15) is 39.0 Å². The van der Waals surface area contributed by atoms with Crippen molar-refractivity contribution in [2.75, 3.05) is 13.2 Å². The molecular formula is C9H18O2. The zero-order valence-corrected chi connectivity index (χ0v) is 7.34. The second kappa shape index (κ2) is 9.63. The quantitative estimate of drug-likeness (QED) is 0.400. The van der Waals surface area contributed by atoms with Gasteiger partial charge in [0.25, 0.3) is 0 Å². The van der Waals surface area contributed by atoms with E-state index in [0.29, 0.717) is 6.42 Å². The molecule has 0 rings (SSSR count). The summed E-state index contributed by atoms with van der Waals surface area (Å²) in [6.07, 6.45) is 6.07. The van der Waals surface area contributed by atoms with Crippen molar-refractivity contribution in [3.8, 4) is 0 Å². The molecular weight excluding hydrogens is 140 g/mol. The predicted octanol–water partition coefficient (Wildman–Crippen LogP) is 2.17. The van der Waals surface area contributed by atoms with Gasteiger partial charge in [-0.15, -0.1) is 0 Å². The lowest BCUT2D eigenvalue weighted by Gasteiger charge is -2.00. The van der Waals surface area contributed by atoms with Crippen molar-refractivity contribution >= 4 is 6.29 Å². The van der Waals surface area contributed by atoms with Crippen LogP contribution in [-0.2, 0) is 9.53 Å². The molecule has 0 amide bonds. The molecule has 0 aliphatic rings. The van der Waals surface area contributed by atoms with Crippen molar-refractivity contribution in [1.29, 1.82) is 0 Å². The Bertz CT molecular complexity index is 81.6. The standard InChI is InChI=1S/C9H18O2/c1-2-3-5-8-11-9-6-4-7-10/h7H,2-6,8-9H2,1H3. The highest BCUT2D eigenvalue weighted by molar-refractivity contribution is 5.48. The molecule has 0 bridgehead atoms. The van der Waals surface area contributed by atoms with E-state index < -0.39 is 0 Å². The Labute approximate surface area is 68.9 Å². The topological polar surface area (TPSA) is 26.3 Å². The Morgan fingerprint density at radius 1 is 1.18 bits per heavy atom. The monoisotopic (exact) mass is 158 g/mol. The first-order valence-electron chi connectivity index (χ1n) is 4.43. The smallest absolute Gasteiger partial charge is 0.120 e. The Morgan fingerprint density at radius 3 is 2.55 bits per heavy atom. The van der Waals surface area contributed by atoms with Gasteiger partial charge in [0, 0.05) is 19.6 Å². The molecule has 66 valence electrons. The van der Waals surface area contributed by atoms with Gasteiger partial charge >= 0.3 is 0 Å². The first-order valence-corrected chi connectivity index (χ1v) is 4.43. The minimum absolute atomic E-state index is 0.633. The highest BCUT2D eigenvalue weighted by Gasteiger charge is 1.88. The van der Waals surface area contributed by atoms with Gasteiger partial charge < -0.3 is 9.53 Å². The Balaban J connectivity index is 2.74. The van der Waals surface area contributed by atoms with Crippen molar-refractivity contribution in [3.05, 3.63) is 0 Å². The summed E-state index contributed by atoms with van der Waals surface area (Å²) in [5.74, 6) is 0. The molecule has 0 atom stereocenters. The first kappa shape index (κ1) is 10.6. The molecule has 0 aliphatic carbocycles. The molecule has 2 heteroatoms. The van der Waals surface area contributed by atoms with Gasteiger partial charge in [0.1, 0.15) is 6.29 Å². The average molecular weight is 158 g/mol. The van der Waals surface area contributed by atoms with Gasteiger partial charge in [-0.05, 0) is 12.8 Å². The van der Waals surface area contributed by atoms with E-state index >= 15 is 0 Å². The van der Waals surface area contributed by atoms with Crippen LogP contribution in [0.15, 0.2) is 0 Å². The van der Waals surface area contributed by atoms with Crippen molar-refractivity contribution in [3.63, 3.8) is 0 Å². The number of rotatable bonds is 8. The number of hydrogen-bond donors (Lipinski definition) is 0. The first-order chi connectivity index (χ1) is 5.41. The number of hydrogen-bond acceptors (Lipinski definition) is 2. The van der Waals surface area contributed by atoms with Crippen LogP contribution in [-0.4, -0.2) is 19.5 Å². The Kier molecular flexibility index (Phi) is 9.31. The number of aldehydes is 1. The van der Waals surface area contributed by atoms with Crippen LogP contribution >= 0.6 is 0 Å². The fourth-order valence-electron chi connectivity index (χ4n) is 0.825. The maximum atomic E-state index is 9.88. The van der Waals surface area contributed by atoms with E-state index in [0.717, 1.165) is 32.3 Å². The summed E-state index contributed by atoms with van der Waals surface area (Å²) in [5, 5.41) is 0. The van der Waals surface area contributed by atoms with Gasteiger partial charge in [0.05, 0.1) is 0 Å². The maximum Gasteiger partial charge on any atom is 0.120 e. The van der Waals surface area contributed by atoms with Crippen molar-refractivity contribution in [2.24, 2.45) is 0 Å². The van der Waals surface area contributed by atoms with Crippen molar-refractivity contribution in [1.82, 2.24) is 0 Å². The van der Waals surface area contributed by atoms with E-state index in [1.54, 1.807) is 0 Å². The molecule has 0 aliphatic heterocycles. The molecule has 0 radical (unpaired) electrons. The summed E-state index contributed by atoms with van der Waals surface area (Å²) >= 11 is 0. The van der Waals surface area contributed by atoms with Crippen LogP contribution in [0.2, 0.25) is 0 Å². The molecule has 0 aromatic heterocycles. The Hall–Kier alpha value is -0.370. The third-order valence-electron chi connectivity index (χ3n) is 1.50. The SMILES string of the molecule is CCCCCOCCCC=O. The molecule has 0 aromatic rings. The molecule has 0 heterocycles. The van der Waals surface area contributed by atoms with Crippen molar-refractivity contribution < 1.29 is 9.53 Å². The fraction of sp³-hybridized carbons (Fsp3) is 0.889. The van der Waals surface area contributed by atoms with Crippen LogP contribution in [0.3, 0.4) is 0 Å². The summed E-state index contributed by atoms with van der Waals surface area (Å²) in [6.45, 7) is 3.77. The largest absolute Gasteiger partial charge is 0.381 e. The fourth-order valence-corrected chi connectivity index (χ4v) is 0.825. The van der Waals surface area contributed by atoms with Gasteiger partial charge in [0.15, 0.2) is 0 Å². The van der Waals surface area contributed by atoms with Crippen LogP contribution in [0.4, 0.5) is 0 Å². The zero-order valence-electron chi connectivity index (χ0n) is 7.34. The number of carbonyl (C=O) groups is 1. The summed E-state index contributed by atoms with van der Waals surface area (Å²) in [6, 6.07) is 0.